The minimum atomic E-state index is 0.0594. The largest absolute Gasteiger partial charge is 0.326 e. The zero-order chi connectivity index (χ0) is 20.2. The third-order valence-corrected chi connectivity index (χ3v) is 6.01. The van der Waals surface area contributed by atoms with Crippen molar-refractivity contribution in [2.75, 3.05) is 29.9 Å². The van der Waals surface area contributed by atoms with Gasteiger partial charge in [-0.15, -0.1) is 0 Å². The van der Waals surface area contributed by atoms with Gasteiger partial charge in [0.25, 0.3) is 0 Å². The highest BCUT2D eigenvalue weighted by atomic mass is 16.2. The van der Waals surface area contributed by atoms with Gasteiger partial charge in [0.1, 0.15) is 0 Å². The number of nitrogens with one attached hydrogen (secondary N) is 1. The van der Waals surface area contributed by atoms with E-state index in [2.05, 4.69) is 41.4 Å². The first-order chi connectivity index (χ1) is 14.1. The van der Waals surface area contributed by atoms with E-state index in [1.165, 1.54) is 11.1 Å². The van der Waals surface area contributed by atoms with Crippen molar-refractivity contribution in [2.24, 2.45) is 5.92 Å². The molecule has 2 aliphatic rings. The fourth-order valence-electron chi connectivity index (χ4n) is 4.20. The van der Waals surface area contributed by atoms with E-state index in [9.17, 15) is 9.59 Å². The number of carbonyl (C=O) groups excluding carboxylic acids is 2. The van der Waals surface area contributed by atoms with Crippen LogP contribution in [-0.4, -0.2) is 36.3 Å². The quantitative estimate of drug-likeness (QED) is 0.839. The van der Waals surface area contributed by atoms with Crippen LogP contribution in [0.1, 0.15) is 36.8 Å². The smallest absolute Gasteiger partial charge is 0.227 e. The Morgan fingerprint density at radius 3 is 2.31 bits per heavy atom. The van der Waals surface area contributed by atoms with Crippen molar-refractivity contribution in [3.8, 4) is 0 Å². The van der Waals surface area contributed by atoms with E-state index in [0.717, 1.165) is 56.8 Å². The van der Waals surface area contributed by atoms with Gasteiger partial charge in [0.15, 0.2) is 0 Å². The van der Waals surface area contributed by atoms with Crippen molar-refractivity contribution in [2.45, 2.75) is 39.2 Å². The van der Waals surface area contributed by atoms with Crippen LogP contribution in [0, 0.1) is 12.8 Å². The van der Waals surface area contributed by atoms with E-state index in [1.54, 1.807) is 0 Å². The van der Waals surface area contributed by atoms with E-state index < -0.39 is 0 Å². The van der Waals surface area contributed by atoms with Crippen LogP contribution < -0.4 is 10.2 Å². The summed E-state index contributed by atoms with van der Waals surface area (Å²) in [6, 6.07) is 16.3. The molecule has 0 saturated carbocycles. The summed E-state index contributed by atoms with van der Waals surface area (Å²) in [4.78, 5) is 28.8. The molecule has 4 rings (SSSR count). The van der Waals surface area contributed by atoms with E-state index in [4.69, 9.17) is 0 Å². The van der Waals surface area contributed by atoms with Crippen LogP contribution in [0.3, 0.4) is 0 Å². The molecular weight excluding hydrogens is 362 g/mol. The van der Waals surface area contributed by atoms with Crippen molar-refractivity contribution < 1.29 is 9.59 Å². The minimum absolute atomic E-state index is 0.0594. The fourth-order valence-corrected chi connectivity index (χ4v) is 4.20. The molecule has 2 saturated heterocycles. The number of piperidine rings is 1. The number of anilines is 2. The predicted molar refractivity (Wildman–Crippen MR) is 116 cm³/mol. The Hall–Kier alpha value is -2.66. The molecule has 2 fully saturated rings. The lowest BCUT2D eigenvalue weighted by molar-refractivity contribution is -0.121. The standard InChI is InChI=1S/C24H29N3O2/c1-18-4-6-19(7-5-18)17-26-15-12-20(13-16-26)24(29)25-21-8-10-22(11-9-21)27-14-2-3-23(27)28/h4-11,20H,2-3,12-17H2,1H3,(H,25,29). The van der Waals surface area contributed by atoms with Gasteiger partial charge >= 0.3 is 0 Å². The normalized spacial score (nSPS) is 18.2. The Morgan fingerprint density at radius 1 is 1.00 bits per heavy atom. The molecule has 5 nitrogen and oxygen atoms in total. The van der Waals surface area contributed by atoms with Crippen molar-refractivity contribution in [1.82, 2.24) is 4.90 Å². The second-order valence-electron chi connectivity index (χ2n) is 8.22. The molecule has 0 atom stereocenters. The summed E-state index contributed by atoms with van der Waals surface area (Å²) in [5, 5.41) is 3.05. The summed E-state index contributed by atoms with van der Waals surface area (Å²) in [7, 11) is 0. The molecule has 1 N–H and O–H groups in total. The fraction of sp³-hybridized carbons (Fsp3) is 0.417. The summed E-state index contributed by atoms with van der Waals surface area (Å²) in [6.45, 7) is 5.73. The molecule has 0 spiro atoms. The highest BCUT2D eigenvalue weighted by Crippen LogP contribution is 2.25. The van der Waals surface area contributed by atoms with Crippen LogP contribution in [0.2, 0.25) is 0 Å². The van der Waals surface area contributed by atoms with Gasteiger partial charge in [0.2, 0.25) is 11.8 Å². The highest BCUT2D eigenvalue weighted by molar-refractivity contribution is 5.96. The maximum absolute atomic E-state index is 12.7. The first kappa shape index (κ1) is 19.6. The zero-order valence-corrected chi connectivity index (χ0v) is 17.1. The Morgan fingerprint density at radius 2 is 1.69 bits per heavy atom. The number of rotatable bonds is 5. The number of nitrogens with zero attached hydrogens (tertiary/aromatic N) is 2. The molecule has 2 aliphatic heterocycles. The average Bonchev–Trinajstić information content (AvgIpc) is 3.17. The molecule has 2 heterocycles. The number of benzene rings is 2. The molecule has 2 aromatic rings. The molecule has 0 unspecified atom stereocenters. The second-order valence-corrected chi connectivity index (χ2v) is 8.22. The average molecular weight is 392 g/mol. The molecule has 2 aromatic carbocycles. The third-order valence-electron chi connectivity index (χ3n) is 6.01. The van der Waals surface area contributed by atoms with Gasteiger partial charge in [-0.05, 0) is 69.1 Å². The summed E-state index contributed by atoms with van der Waals surface area (Å²) in [5.74, 6) is 0.341. The number of hydrogen-bond donors (Lipinski definition) is 1. The van der Waals surface area contributed by atoms with Gasteiger partial charge in [-0.25, -0.2) is 0 Å². The summed E-state index contributed by atoms with van der Waals surface area (Å²) < 4.78 is 0. The maximum atomic E-state index is 12.7. The Kier molecular flexibility index (Phi) is 5.95. The monoisotopic (exact) mass is 391 g/mol. The van der Waals surface area contributed by atoms with E-state index in [0.29, 0.717) is 6.42 Å². The lowest BCUT2D eigenvalue weighted by Gasteiger charge is -2.31. The number of aryl methyl sites for hydroxylation is 1. The van der Waals surface area contributed by atoms with Crippen LogP contribution in [0.4, 0.5) is 11.4 Å². The van der Waals surface area contributed by atoms with E-state index >= 15 is 0 Å². The van der Waals surface area contributed by atoms with Crippen molar-refractivity contribution in [3.63, 3.8) is 0 Å². The number of hydrogen-bond acceptors (Lipinski definition) is 3. The Balaban J connectivity index is 1.26. The summed E-state index contributed by atoms with van der Waals surface area (Å²) >= 11 is 0. The first-order valence-electron chi connectivity index (χ1n) is 10.6. The molecule has 0 aromatic heterocycles. The topological polar surface area (TPSA) is 52.7 Å². The van der Waals surface area contributed by atoms with Crippen LogP contribution in [-0.2, 0) is 16.1 Å². The van der Waals surface area contributed by atoms with Crippen molar-refractivity contribution in [3.05, 3.63) is 59.7 Å². The third kappa shape index (κ3) is 4.85. The molecule has 152 valence electrons. The van der Waals surface area contributed by atoms with Gasteiger partial charge in [-0.3, -0.25) is 14.5 Å². The SMILES string of the molecule is Cc1ccc(CN2CCC(C(=O)Nc3ccc(N4CCCC4=O)cc3)CC2)cc1. The minimum Gasteiger partial charge on any atom is -0.326 e. The first-order valence-corrected chi connectivity index (χ1v) is 10.6. The number of likely N-dealkylation sites (tertiary alicyclic amines) is 1. The van der Waals surface area contributed by atoms with Crippen molar-refractivity contribution in [1.29, 1.82) is 0 Å². The molecule has 29 heavy (non-hydrogen) atoms. The van der Waals surface area contributed by atoms with Crippen molar-refractivity contribution >= 4 is 23.2 Å². The van der Waals surface area contributed by atoms with Crippen LogP contribution in [0.5, 0.6) is 0 Å². The molecule has 0 radical (unpaired) electrons. The number of amides is 2. The molecule has 0 aliphatic carbocycles. The lowest BCUT2D eigenvalue weighted by Crippen LogP contribution is -2.37. The lowest BCUT2D eigenvalue weighted by atomic mass is 9.95. The highest BCUT2D eigenvalue weighted by Gasteiger charge is 2.25. The predicted octanol–water partition coefficient (Wildman–Crippen LogP) is 3.97. The van der Waals surface area contributed by atoms with Crippen LogP contribution in [0.15, 0.2) is 48.5 Å². The second kappa shape index (κ2) is 8.78. The molecule has 5 heteroatoms. The van der Waals surface area contributed by atoms with Crippen LogP contribution >= 0.6 is 0 Å². The number of carbonyl (C=O) groups is 2. The Labute approximate surface area is 172 Å². The maximum Gasteiger partial charge on any atom is 0.227 e. The van der Waals surface area contributed by atoms with Gasteiger partial charge < -0.3 is 10.2 Å². The van der Waals surface area contributed by atoms with Gasteiger partial charge in [0, 0.05) is 36.8 Å². The summed E-state index contributed by atoms with van der Waals surface area (Å²) in [6.07, 6.45) is 3.32. The Bertz CT molecular complexity index is 853. The summed E-state index contributed by atoms with van der Waals surface area (Å²) in [5.41, 5.74) is 4.32. The van der Waals surface area contributed by atoms with Gasteiger partial charge in [0.05, 0.1) is 0 Å². The molecule has 2 amide bonds. The zero-order valence-electron chi connectivity index (χ0n) is 17.1. The molecule has 0 bridgehead atoms. The van der Waals surface area contributed by atoms with Gasteiger partial charge in [-0.1, -0.05) is 29.8 Å². The van der Waals surface area contributed by atoms with E-state index in [-0.39, 0.29) is 17.7 Å². The van der Waals surface area contributed by atoms with E-state index in [1.807, 2.05) is 29.2 Å². The van der Waals surface area contributed by atoms with Crippen LogP contribution in [0.25, 0.3) is 0 Å². The molecular formula is C24H29N3O2. The van der Waals surface area contributed by atoms with Gasteiger partial charge in [-0.2, -0.15) is 0 Å².